The number of ether oxygens (including phenoxy) is 1. The maximum absolute atomic E-state index is 12.8. The Morgan fingerprint density at radius 3 is 2.33 bits per heavy atom. The molecule has 2 atom stereocenters. The van der Waals surface area contributed by atoms with Crippen LogP contribution in [-0.4, -0.2) is 37.2 Å². The van der Waals surface area contributed by atoms with Crippen molar-refractivity contribution in [1.82, 2.24) is 4.90 Å². The monoisotopic (exact) mass is 521 g/mol. The summed E-state index contributed by atoms with van der Waals surface area (Å²) in [5, 5.41) is 12.9. The van der Waals surface area contributed by atoms with E-state index in [0.29, 0.717) is 27.2 Å². The first kappa shape index (κ1) is 26.0. The molecular formula is C29H29Cl2N3O2. The van der Waals surface area contributed by atoms with Gasteiger partial charge in [0.25, 0.3) is 0 Å². The lowest BCUT2D eigenvalue weighted by atomic mass is 9.77. The average molecular weight is 522 g/mol. The summed E-state index contributed by atoms with van der Waals surface area (Å²) < 4.78 is 5.89. The van der Waals surface area contributed by atoms with Gasteiger partial charge >= 0.3 is 6.09 Å². The quantitative estimate of drug-likeness (QED) is 0.362. The Kier molecular flexibility index (Phi) is 8.53. The van der Waals surface area contributed by atoms with Crippen LogP contribution < -0.4 is 5.32 Å². The van der Waals surface area contributed by atoms with E-state index >= 15 is 0 Å². The largest absolute Gasteiger partial charge is 0.446 e. The molecule has 3 aromatic carbocycles. The van der Waals surface area contributed by atoms with Crippen LogP contribution in [0.3, 0.4) is 0 Å². The highest BCUT2D eigenvalue weighted by Crippen LogP contribution is 2.37. The Hall–Kier alpha value is -3.04. The molecule has 0 spiro atoms. The summed E-state index contributed by atoms with van der Waals surface area (Å²) in [6, 6.07) is 23.0. The third-order valence-electron chi connectivity index (χ3n) is 6.80. The number of rotatable bonds is 6. The Labute approximate surface area is 222 Å². The Morgan fingerprint density at radius 1 is 1.03 bits per heavy atom. The predicted octanol–water partition coefficient (Wildman–Crippen LogP) is 7.59. The van der Waals surface area contributed by atoms with Gasteiger partial charge in [-0.05, 0) is 92.8 Å². The minimum Gasteiger partial charge on any atom is -0.446 e. The number of benzene rings is 3. The minimum atomic E-state index is -0.538. The fourth-order valence-electron chi connectivity index (χ4n) is 5.00. The molecule has 1 fully saturated rings. The van der Waals surface area contributed by atoms with Gasteiger partial charge < -0.3 is 9.64 Å². The highest BCUT2D eigenvalue weighted by molar-refractivity contribution is 6.35. The fraction of sp³-hybridized carbons (Fsp3) is 0.310. The normalized spacial score (nSPS) is 16.1. The van der Waals surface area contributed by atoms with Gasteiger partial charge in [0.2, 0.25) is 0 Å². The highest BCUT2D eigenvalue weighted by atomic mass is 35.5. The number of carbonyl (C=O) groups is 1. The van der Waals surface area contributed by atoms with Crippen LogP contribution in [0.2, 0.25) is 10.0 Å². The molecule has 2 unspecified atom stereocenters. The van der Waals surface area contributed by atoms with Gasteiger partial charge in [-0.3, -0.25) is 5.32 Å². The first-order valence-corrected chi connectivity index (χ1v) is 12.8. The van der Waals surface area contributed by atoms with Crippen molar-refractivity contribution in [3.63, 3.8) is 0 Å². The molecule has 5 nitrogen and oxygen atoms in total. The van der Waals surface area contributed by atoms with Gasteiger partial charge in [-0.1, -0.05) is 59.6 Å². The number of hydrogen-bond donors (Lipinski definition) is 1. The lowest BCUT2D eigenvalue weighted by molar-refractivity contribution is 0.0732. The van der Waals surface area contributed by atoms with Crippen molar-refractivity contribution in [3.05, 3.63) is 87.9 Å². The standard InChI is InChI=1S/C29H29Cl2N3O2/c1-19(36-29(35)33-27-16-25(30)15-26(31)17-27)28(23-10-12-34(2)13-11-23)22-8-6-21(7-9-22)24-5-3-4-20(14-24)18-32/h3-9,14-17,19,23,28H,10-13H2,1-2H3,(H,33,35). The molecule has 1 saturated heterocycles. The van der Waals surface area contributed by atoms with E-state index in [1.165, 1.54) is 0 Å². The summed E-state index contributed by atoms with van der Waals surface area (Å²) in [5.74, 6) is 0.435. The van der Waals surface area contributed by atoms with Crippen LogP contribution in [0.4, 0.5) is 10.5 Å². The number of carbonyl (C=O) groups excluding carboxylic acids is 1. The van der Waals surface area contributed by atoms with Crippen LogP contribution in [0, 0.1) is 17.2 Å². The molecule has 0 radical (unpaired) electrons. The third-order valence-corrected chi connectivity index (χ3v) is 7.24. The van der Waals surface area contributed by atoms with Gasteiger partial charge in [0.15, 0.2) is 0 Å². The van der Waals surface area contributed by atoms with E-state index in [2.05, 4.69) is 47.6 Å². The summed E-state index contributed by atoms with van der Waals surface area (Å²) in [4.78, 5) is 15.1. The molecule has 0 aliphatic carbocycles. The van der Waals surface area contributed by atoms with Crippen LogP contribution in [-0.2, 0) is 4.74 Å². The zero-order chi connectivity index (χ0) is 25.7. The molecule has 7 heteroatoms. The van der Waals surface area contributed by atoms with E-state index in [1.54, 1.807) is 24.3 Å². The number of nitriles is 1. The average Bonchev–Trinajstić information content (AvgIpc) is 2.85. The maximum atomic E-state index is 12.8. The number of anilines is 1. The number of nitrogens with one attached hydrogen (secondary N) is 1. The van der Waals surface area contributed by atoms with Crippen molar-refractivity contribution < 1.29 is 9.53 Å². The zero-order valence-corrected chi connectivity index (χ0v) is 21.9. The van der Waals surface area contributed by atoms with Crippen LogP contribution in [0.15, 0.2) is 66.7 Å². The summed E-state index contributed by atoms with van der Waals surface area (Å²) in [5.41, 5.74) is 4.30. The number of nitrogens with zero attached hydrogens (tertiary/aromatic N) is 2. The smallest absolute Gasteiger partial charge is 0.411 e. The van der Waals surface area contributed by atoms with Gasteiger partial charge in [0, 0.05) is 21.7 Å². The van der Waals surface area contributed by atoms with Crippen LogP contribution in [0.5, 0.6) is 0 Å². The van der Waals surface area contributed by atoms with E-state index in [9.17, 15) is 10.1 Å². The molecule has 1 aliphatic rings. The van der Waals surface area contributed by atoms with E-state index in [-0.39, 0.29) is 12.0 Å². The van der Waals surface area contributed by atoms with Crippen LogP contribution in [0.25, 0.3) is 11.1 Å². The number of likely N-dealkylation sites (tertiary alicyclic amines) is 1. The summed E-state index contributed by atoms with van der Waals surface area (Å²) in [6.07, 6.45) is 1.18. The Bertz CT molecular complexity index is 1230. The first-order valence-electron chi connectivity index (χ1n) is 12.0. The molecule has 0 saturated carbocycles. The van der Waals surface area contributed by atoms with Crippen LogP contribution in [0.1, 0.15) is 36.8 Å². The maximum Gasteiger partial charge on any atom is 0.411 e. The van der Waals surface area contributed by atoms with Crippen molar-refractivity contribution in [3.8, 4) is 17.2 Å². The van der Waals surface area contributed by atoms with Gasteiger partial charge in [-0.25, -0.2) is 4.79 Å². The summed E-state index contributed by atoms with van der Waals surface area (Å²) >= 11 is 12.1. The van der Waals surface area contributed by atoms with E-state index in [1.807, 2.05) is 25.1 Å². The molecule has 1 amide bonds. The fourth-order valence-corrected chi connectivity index (χ4v) is 5.52. The Balaban J connectivity index is 1.54. The predicted molar refractivity (Wildman–Crippen MR) is 146 cm³/mol. The van der Waals surface area contributed by atoms with Crippen molar-refractivity contribution in [2.45, 2.75) is 31.8 Å². The summed E-state index contributed by atoms with van der Waals surface area (Å²) in [7, 11) is 2.14. The second-order valence-corrected chi connectivity index (χ2v) is 10.2. The number of halogens is 2. The topological polar surface area (TPSA) is 65.4 Å². The van der Waals surface area contributed by atoms with E-state index < -0.39 is 6.09 Å². The molecule has 1 aliphatic heterocycles. The molecular weight excluding hydrogens is 493 g/mol. The van der Waals surface area contributed by atoms with Crippen molar-refractivity contribution >= 4 is 35.0 Å². The van der Waals surface area contributed by atoms with Crippen molar-refractivity contribution in [1.29, 1.82) is 5.26 Å². The molecule has 0 aromatic heterocycles. The second kappa shape index (κ2) is 11.8. The number of amides is 1. The van der Waals surface area contributed by atoms with Crippen molar-refractivity contribution in [2.75, 3.05) is 25.5 Å². The molecule has 1 N–H and O–H groups in total. The molecule has 186 valence electrons. The molecule has 1 heterocycles. The van der Waals surface area contributed by atoms with E-state index in [0.717, 1.165) is 42.6 Å². The lowest BCUT2D eigenvalue weighted by Gasteiger charge is -2.37. The number of piperidine rings is 1. The zero-order valence-electron chi connectivity index (χ0n) is 20.4. The summed E-state index contributed by atoms with van der Waals surface area (Å²) in [6.45, 7) is 3.98. The third kappa shape index (κ3) is 6.59. The molecule has 36 heavy (non-hydrogen) atoms. The highest BCUT2D eigenvalue weighted by Gasteiger charge is 2.33. The minimum absolute atomic E-state index is 0.0480. The van der Waals surface area contributed by atoms with Gasteiger partial charge in [0.1, 0.15) is 6.10 Å². The van der Waals surface area contributed by atoms with E-state index in [4.69, 9.17) is 27.9 Å². The number of hydrogen-bond acceptors (Lipinski definition) is 4. The first-order chi connectivity index (χ1) is 17.3. The van der Waals surface area contributed by atoms with Crippen LogP contribution >= 0.6 is 23.2 Å². The molecule has 4 rings (SSSR count). The van der Waals surface area contributed by atoms with Gasteiger partial charge in [-0.2, -0.15) is 5.26 Å². The van der Waals surface area contributed by atoms with Crippen molar-refractivity contribution in [2.24, 2.45) is 5.92 Å². The van der Waals surface area contributed by atoms with Gasteiger partial charge in [0.05, 0.1) is 11.6 Å². The second-order valence-electron chi connectivity index (χ2n) is 9.37. The SMILES string of the molecule is CC(OC(=O)Nc1cc(Cl)cc(Cl)c1)C(c1ccc(-c2cccc(C#N)c2)cc1)C1CCN(C)CC1. The Morgan fingerprint density at radius 2 is 1.69 bits per heavy atom. The van der Waals surface area contributed by atoms with Gasteiger partial charge in [-0.15, -0.1) is 0 Å². The molecule has 0 bridgehead atoms. The lowest BCUT2D eigenvalue weighted by Crippen LogP contribution is -2.37. The molecule has 3 aromatic rings.